The van der Waals surface area contributed by atoms with E-state index in [1.807, 2.05) is 50.2 Å². The van der Waals surface area contributed by atoms with Crippen molar-refractivity contribution in [2.45, 2.75) is 13.8 Å². The van der Waals surface area contributed by atoms with Crippen LogP contribution in [0.25, 0.3) is 10.8 Å². The van der Waals surface area contributed by atoms with E-state index in [9.17, 15) is 0 Å². The molecule has 0 spiro atoms. The quantitative estimate of drug-likeness (QED) is 0.666. The van der Waals surface area contributed by atoms with Gasteiger partial charge in [-0.1, -0.05) is 29.8 Å². The number of nitrogens with zero attached hydrogens (tertiary/aromatic N) is 1. The third-order valence-corrected chi connectivity index (χ3v) is 4.05. The van der Waals surface area contributed by atoms with Gasteiger partial charge in [-0.25, -0.2) is 4.98 Å². The smallest absolute Gasteiger partial charge is 0.138 e. The van der Waals surface area contributed by atoms with E-state index < -0.39 is 0 Å². The van der Waals surface area contributed by atoms with Crippen LogP contribution in [0.5, 0.6) is 0 Å². The van der Waals surface area contributed by atoms with Crippen molar-refractivity contribution >= 4 is 39.6 Å². The number of anilines is 3. The van der Waals surface area contributed by atoms with E-state index in [1.54, 1.807) is 6.20 Å². The van der Waals surface area contributed by atoms with Crippen LogP contribution < -0.4 is 11.1 Å². The van der Waals surface area contributed by atoms with Crippen molar-refractivity contribution in [2.24, 2.45) is 0 Å². The highest BCUT2D eigenvalue weighted by Crippen LogP contribution is 2.30. The summed E-state index contributed by atoms with van der Waals surface area (Å²) in [7, 11) is 0. The highest BCUT2D eigenvalue weighted by Gasteiger charge is 2.07. The maximum Gasteiger partial charge on any atom is 0.138 e. The van der Waals surface area contributed by atoms with Crippen molar-refractivity contribution in [1.29, 1.82) is 0 Å². The minimum atomic E-state index is 0.732. The number of rotatable bonds is 2. The van der Waals surface area contributed by atoms with Gasteiger partial charge in [0.05, 0.1) is 0 Å². The van der Waals surface area contributed by atoms with Gasteiger partial charge in [-0.05, 0) is 43.2 Å². The van der Waals surface area contributed by atoms with Gasteiger partial charge in [0.15, 0.2) is 0 Å². The van der Waals surface area contributed by atoms with Gasteiger partial charge in [0.2, 0.25) is 0 Å². The molecule has 3 N–H and O–H groups in total. The molecule has 0 atom stereocenters. The van der Waals surface area contributed by atoms with Gasteiger partial charge in [0.1, 0.15) is 5.82 Å². The first-order valence-electron chi connectivity index (χ1n) is 6.73. The Kier molecular flexibility index (Phi) is 3.43. The second-order valence-electron chi connectivity index (χ2n) is 5.14. The topological polar surface area (TPSA) is 50.9 Å². The van der Waals surface area contributed by atoms with Crippen LogP contribution in [0.1, 0.15) is 11.1 Å². The Hall–Kier alpha value is -2.26. The second kappa shape index (κ2) is 5.26. The number of halogens is 1. The summed E-state index contributed by atoms with van der Waals surface area (Å²) in [5, 5.41) is 6.05. The van der Waals surface area contributed by atoms with E-state index in [4.69, 9.17) is 17.3 Å². The fourth-order valence-corrected chi connectivity index (χ4v) is 2.47. The molecule has 0 aliphatic rings. The number of nitrogens with two attached hydrogens (primary N) is 1. The molecule has 0 unspecified atom stereocenters. The van der Waals surface area contributed by atoms with E-state index in [-0.39, 0.29) is 0 Å². The van der Waals surface area contributed by atoms with Crippen molar-refractivity contribution in [1.82, 2.24) is 4.98 Å². The second-order valence-corrected chi connectivity index (χ2v) is 5.55. The molecule has 1 aromatic heterocycles. The molecule has 3 aromatic rings. The van der Waals surface area contributed by atoms with Gasteiger partial charge in [-0.15, -0.1) is 0 Å². The fraction of sp³-hybridized carbons (Fsp3) is 0.118. The first kappa shape index (κ1) is 13.7. The molecule has 0 bridgehead atoms. The monoisotopic (exact) mass is 297 g/mol. The van der Waals surface area contributed by atoms with Crippen LogP contribution in [0.2, 0.25) is 5.02 Å². The normalized spacial score (nSPS) is 10.8. The predicted octanol–water partition coefficient (Wildman–Crippen LogP) is 4.83. The summed E-state index contributed by atoms with van der Waals surface area (Å²) in [6.45, 7) is 3.98. The van der Waals surface area contributed by atoms with Gasteiger partial charge < -0.3 is 11.1 Å². The Morgan fingerprint density at radius 1 is 1.00 bits per heavy atom. The number of hydrogen-bond donors (Lipinski definition) is 2. The summed E-state index contributed by atoms with van der Waals surface area (Å²) in [5.74, 6) is 0.777. The standard InChI is InChI=1S/C17H16ClN3/c1-10-3-5-12(9-15(10)18)21-17-14-6-4-11(2)16(19)13(14)7-8-20-17/h3-9H,19H2,1-2H3,(H,20,21). The molecule has 4 heteroatoms. The first-order valence-corrected chi connectivity index (χ1v) is 7.11. The maximum atomic E-state index is 6.16. The van der Waals surface area contributed by atoms with Crippen LogP contribution in [0.15, 0.2) is 42.6 Å². The van der Waals surface area contributed by atoms with Gasteiger partial charge in [-0.3, -0.25) is 0 Å². The van der Waals surface area contributed by atoms with Crippen LogP contribution in [0.4, 0.5) is 17.2 Å². The minimum Gasteiger partial charge on any atom is -0.398 e. The Morgan fingerprint density at radius 2 is 1.76 bits per heavy atom. The molecule has 2 aromatic carbocycles. The average Bonchev–Trinajstić information content (AvgIpc) is 2.47. The average molecular weight is 298 g/mol. The van der Waals surface area contributed by atoms with Crippen LogP contribution in [-0.2, 0) is 0 Å². The van der Waals surface area contributed by atoms with Crippen LogP contribution in [-0.4, -0.2) is 4.98 Å². The number of aryl methyl sites for hydroxylation is 2. The molecule has 0 aliphatic heterocycles. The SMILES string of the molecule is Cc1ccc(Nc2nccc3c(N)c(C)ccc23)cc1Cl. The molecule has 0 radical (unpaired) electrons. The Labute approximate surface area is 128 Å². The number of benzene rings is 2. The van der Waals surface area contributed by atoms with Crippen molar-refractivity contribution in [3.05, 3.63) is 58.7 Å². The molecule has 0 saturated heterocycles. The highest BCUT2D eigenvalue weighted by atomic mass is 35.5. The summed E-state index contributed by atoms with van der Waals surface area (Å²) in [6.07, 6.45) is 1.76. The fourth-order valence-electron chi connectivity index (χ4n) is 2.29. The molecule has 3 nitrogen and oxygen atoms in total. The van der Waals surface area contributed by atoms with Crippen molar-refractivity contribution in [3.8, 4) is 0 Å². The van der Waals surface area contributed by atoms with E-state index in [0.717, 1.165) is 44.1 Å². The third-order valence-electron chi connectivity index (χ3n) is 3.64. The number of aromatic nitrogens is 1. The van der Waals surface area contributed by atoms with Gasteiger partial charge in [-0.2, -0.15) is 0 Å². The molecule has 3 rings (SSSR count). The van der Waals surface area contributed by atoms with Gasteiger partial charge >= 0.3 is 0 Å². The number of fused-ring (bicyclic) bond motifs is 1. The summed E-state index contributed by atoms with van der Waals surface area (Å²) in [4.78, 5) is 4.42. The molecule has 0 amide bonds. The highest BCUT2D eigenvalue weighted by molar-refractivity contribution is 6.31. The largest absolute Gasteiger partial charge is 0.398 e. The zero-order chi connectivity index (χ0) is 15.0. The lowest BCUT2D eigenvalue weighted by Gasteiger charge is -2.12. The lowest BCUT2D eigenvalue weighted by molar-refractivity contribution is 1.33. The van der Waals surface area contributed by atoms with Crippen LogP contribution >= 0.6 is 11.6 Å². The van der Waals surface area contributed by atoms with Crippen molar-refractivity contribution in [3.63, 3.8) is 0 Å². The molecular formula is C17H16ClN3. The van der Waals surface area contributed by atoms with E-state index in [0.29, 0.717) is 0 Å². The van der Waals surface area contributed by atoms with Gasteiger partial charge in [0.25, 0.3) is 0 Å². The summed E-state index contributed by atoms with van der Waals surface area (Å²) < 4.78 is 0. The van der Waals surface area contributed by atoms with Crippen molar-refractivity contribution in [2.75, 3.05) is 11.1 Å². The number of nitrogens with one attached hydrogen (secondary N) is 1. The zero-order valence-corrected chi connectivity index (χ0v) is 12.7. The summed E-state index contributed by atoms with van der Waals surface area (Å²) in [5.41, 5.74) is 9.96. The van der Waals surface area contributed by atoms with E-state index in [2.05, 4.69) is 10.3 Å². The Balaban J connectivity index is 2.08. The minimum absolute atomic E-state index is 0.732. The summed E-state index contributed by atoms with van der Waals surface area (Å²) in [6, 6.07) is 11.8. The van der Waals surface area contributed by atoms with Gasteiger partial charge in [0, 0.05) is 33.4 Å². The predicted molar refractivity (Wildman–Crippen MR) is 90.4 cm³/mol. The molecule has 21 heavy (non-hydrogen) atoms. The van der Waals surface area contributed by atoms with Crippen molar-refractivity contribution < 1.29 is 0 Å². The number of nitrogen functional groups attached to an aromatic ring is 1. The maximum absolute atomic E-state index is 6.16. The number of pyridine rings is 1. The van der Waals surface area contributed by atoms with E-state index in [1.165, 1.54) is 0 Å². The molecule has 0 saturated carbocycles. The zero-order valence-electron chi connectivity index (χ0n) is 11.9. The lowest BCUT2D eigenvalue weighted by atomic mass is 10.1. The molecule has 1 heterocycles. The summed E-state index contributed by atoms with van der Waals surface area (Å²) >= 11 is 6.16. The van der Waals surface area contributed by atoms with Crippen LogP contribution in [0, 0.1) is 13.8 Å². The number of hydrogen-bond acceptors (Lipinski definition) is 3. The Morgan fingerprint density at radius 3 is 2.52 bits per heavy atom. The third kappa shape index (κ3) is 2.52. The molecule has 0 fully saturated rings. The van der Waals surface area contributed by atoms with Crippen LogP contribution in [0.3, 0.4) is 0 Å². The molecule has 106 valence electrons. The lowest BCUT2D eigenvalue weighted by Crippen LogP contribution is -1.97. The molecule has 0 aliphatic carbocycles. The molecular weight excluding hydrogens is 282 g/mol. The van der Waals surface area contributed by atoms with E-state index >= 15 is 0 Å². The first-order chi connectivity index (χ1) is 10.1. The Bertz CT molecular complexity index is 828.